The van der Waals surface area contributed by atoms with Gasteiger partial charge < -0.3 is 25.1 Å². The van der Waals surface area contributed by atoms with E-state index in [1.807, 2.05) is 27.7 Å². The van der Waals surface area contributed by atoms with Crippen LogP contribution in [0.25, 0.3) is 10.9 Å². The molecule has 1 fully saturated rings. The van der Waals surface area contributed by atoms with Crippen LogP contribution in [-0.4, -0.2) is 60.0 Å². The number of rotatable bonds is 16. The number of halogens is 4. The molecule has 9 nitrogen and oxygen atoms in total. The van der Waals surface area contributed by atoms with Gasteiger partial charge in [-0.25, -0.2) is 9.18 Å². The van der Waals surface area contributed by atoms with Crippen molar-refractivity contribution in [3.8, 4) is 0 Å². The van der Waals surface area contributed by atoms with Gasteiger partial charge in [0.15, 0.2) is 5.78 Å². The smallest absolute Gasteiger partial charge is 0.418 e. The van der Waals surface area contributed by atoms with Crippen LogP contribution < -0.4 is 10.6 Å². The second-order valence-electron chi connectivity index (χ2n) is 15.4. The summed E-state index contributed by atoms with van der Waals surface area (Å²) in [7, 11) is 0. The average Bonchev–Trinajstić information content (AvgIpc) is 3.53. The second-order valence-corrected chi connectivity index (χ2v) is 15.4. The molecule has 13 heteroatoms. The first kappa shape index (κ1) is 41.9. The highest BCUT2D eigenvalue weighted by Crippen LogP contribution is 2.41. The van der Waals surface area contributed by atoms with Crippen LogP contribution in [0.15, 0.2) is 42.5 Å². The Hall–Kier alpha value is -4.26. The monoisotopic (exact) mass is 771 g/mol. The number of aryl methyl sites for hydroxylation is 1. The average molecular weight is 772 g/mol. The fourth-order valence-corrected chi connectivity index (χ4v) is 7.90. The van der Waals surface area contributed by atoms with Crippen LogP contribution in [0.3, 0.4) is 0 Å². The van der Waals surface area contributed by atoms with E-state index in [0.29, 0.717) is 55.5 Å². The molecule has 3 aromatic rings. The summed E-state index contributed by atoms with van der Waals surface area (Å²) >= 11 is 0. The normalized spacial score (nSPS) is 19.9. The Balaban J connectivity index is 1.44. The molecule has 1 saturated heterocycles. The number of carbonyl (C=O) groups is 4. The number of Topliss-reactive ketones (excluding diaryl/α,β-unsaturated/α-hetero) is 2. The molecule has 2 amide bonds. The van der Waals surface area contributed by atoms with Gasteiger partial charge in [0.1, 0.15) is 23.2 Å². The first-order valence-corrected chi connectivity index (χ1v) is 19.5. The van der Waals surface area contributed by atoms with Crippen LogP contribution in [0, 0.1) is 29.5 Å². The minimum Gasteiger partial charge on any atom is -0.446 e. The number of alkyl halides is 3. The Labute approximate surface area is 319 Å². The molecule has 1 aromatic heterocycles. The summed E-state index contributed by atoms with van der Waals surface area (Å²) in [5.41, 5.74) is -1.09. The van der Waals surface area contributed by atoms with Crippen LogP contribution in [-0.2, 0) is 49.3 Å². The highest BCUT2D eigenvalue weighted by molar-refractivity contribution is 5.97. The number of fused-ring (bicyclic) bond motifs is 3. The molecule has 0 radical (unpaired) electrons. The van der Waals surface area contributed by atoms with Crippen LogP contribution in [0.2, 0.25) is 0 Å². The summed E-state index contributed by atoms with van der Waals surface area (Å²) < 4.78 is 67.6. The van der Waals surface area contributed by atoms with E-state index >= 15 is 0 Å². The molecule has 5 rings (SSSR count). The number of aromatic nitrogens is 1. The molecule has 3 N–H and O–H groups in total. The number of para-hydroxylation sites is 1. The summed E-state index contributed by atoms with van der Waals surface area (Å²) in [5, 5.41) is 6.23. The summed E-state index contributed by atoms with van der Waals surface area (Å²) in [6.45, 7) is 8.84. The first-order chi connectivity index (χ1) is 26.2. The van der Waals surface area contributed by atoms with Gasteiger partial charge in [0.05, 0.1) is 24.3 Å². The van der Waals surface area contributed by atoms with Crippen molar-refractivity contribution >= 4 is 34.5 Å². The molecular weight excluding hydrogens is 718 g/mol. The number of ketones is 2. The fourth-order valence-electron chi connectivity index (χ4n) is 7.90. The van der Waals surface area contributed by atoms with Gasteiger partial charge in [0.25, 0.3) is 0 Å². The topological polar surface area (TPSA) is 127 Å². The van der Waals surface area contributed by atoms with Crippen molar-refractivity contribution < 1.29 is 46.2 Å². The lowest BCUT2D eigenvalue weighted by atomic mass is 9.72. The number of H-pyrrole nitrogens is 1. The molecule has 55 heavy (non-hydrogen) atoms. The number of aromatic amines is 1. The zero-order chi connectivity index (χ0) is 39.9. The third-order valence-corrected chi connectivity index (χ3v) is 11.8. The zero-order valence-electron chi connectivity index (χ0n) is 32.1. The molecule has 0 spiro atoms. The molecule has 0 saturated carbocycles. The summed E-state index contributed by atoms with van der Waals surface area (Å²) in [6.07, 6.45) is -3.20. The number of carbonyl (C=O) groups excluding carboxylic acids is 4. The third-order valence-electron chi connectivity index (χ3n) is 11.8. The Morgan fingerprint density at radius 3 is 2.36 bits per heavy atom. The van der Waals surface area contributed by atoms with Crippen LogP contribution in [0.4, 0.5) is 22.4 Å². The maximum Gasteiger partial charge on any atom is 0.418 e. The molecule has 2 unspecified atom stereocenters. The maximum absolute atomic E-state index is 14.8. The lowest BCUT2D eigenvalue weighted by molar-refractivity contribution is -0.137. The summed E-state index contributed by atoms with van der Waals surface area (Å²) in [6, 6.07) is 9.89. The van der Waals surface area contributed by atoms with Crippen molar-refractivity contribution in [1.29, 1.82) is 0 Å². The molecule has 1 aliphatic heterocycles. The Morgan fingerprint density at radius 2 is 1.69 bits per heavy atom. The van der Waals surface area contributed by atoms with E-state index in [1.165, 1.54) is 24.3 Å². The predicted octanol–water partition coefficient (Wildman–Crippen LogP) is 8.06. The quantitative estimate of drug-likeness (QED) is 0.127. The van der Waals surface area contributed by atoms with Crippen molar-refractivity contribution in [1.82, 2.24) is 15.6 Å². The minimum atomic E-state index is -4.62. The first-order valence-electron chi connectivity index (χ1n) is 19.5. The molecular formula is C42H53F4N3O6. The molecule has 2 heterocycles. The lowest BCUT2D eigenvalue weighted by Crippen LogP contribution is -2.60. The number of hydrogen-bond donors (Lipinski definition) is 3. The highest BCUT2D eigenvalue weighted by Gasteiger charge is 2.46. The van der Waals surface area contributed by atoms with Gasteiger partial charge in [-0.05, 0) is 53.9 Å². The zero-order valence-corrected chi connectivity index (χ0v) is 32.1. The van der Waals surface area contributed by atoms with Gasteiger partial charge in [-0.1, -0.05) is 70.9 Å². The van der Waals surface area contributed by atoms with Crippen LogP contribution in [0.1, 0.15) is 95.0 Å². The largest absolute Gasteiger partial charge is 0.446 e. The standard InChI is InChI=1S/C42H53F4N3O6/c1-5-25(3)28(24-47-40(53)55-30-15-18-54-19-16-30)21-37(51)41(17-14-36-33(23-41)31-11-9-12-34(38(31)48-36)42(44,45)46)49-39(52)32(26(4)6-2)22-29(50)20-27-10-7-8-13-35(27)43/h7-13,25-26,28,30,32,48H,5-6,14-24H2,1-4H3,(H,47,53)(H,49,52)/t25?,26?,28-,32+,41-/m1/s1. The Morgan fingerprint density at radius 1 is 0.982 bits per heavy atom. The summed E-state index contributed by atoms with van der Waals surface area (Å²) in [4.78, 5) is 58.4. The number of alkyl carbamates (subject to hydrolysis) is 1. The number of nitrogens with one attached hydrogen (secondary N) is 3. The van der Waals surface area contributed by atoms with Gasteiger partial charge in [-0.2, -0.15) is 13.2 Å². The number of benzene rings is 2. The van der Waals surface area contributed by atoms with Crippen LogP contribution in [0.5, 0.6) is 0 Å². The predicted molar refractivity (Wildman–Crippen MR) is 200 cm³/mol. The van der Waals surface area contributed by atoms with Crippen molar-refractivity contribution in [3.63, 3.8) is 0 Å². The molecule has 5 atom stereocenters. The number of ether oxygens (including phenoxy) is 2. The Bertz CT molecular complexity index is 1840. The van der Waals surface area contributed by atoms with E-state index < -0.39 is 41.0 Å². The van der Waals surface area contributed by atoms with Crippen molar-refractivity contribution in [2.24, 2.45) is 23.7 Å². The molecule has 2 aliphatic rings. The van der Waals surface area contributed by atoms with E-state index in [4.69, 9.17) is 9.47 Å². The van der Waals surface area contributed by atoms with Gasteiger partial charge in [0.2, 0.25) is 5.91 Å². The van der Waals surface area contributed by atoms with Crippen LogP contribution >= 0.6 is 0 Å². The number of amides is 2. The fraction of sp³-hybridized carbons (Fsp3) is 0.571. The van der Waals surface area contributed by atoms with E-state index in [1.54, 1.807) is 12.1 Å². The van der Waals surface area contributed by atoms with E-state index in [9.17, 15) is 36.7 Å². The van der Waals surface area contributed by atoms with E-state index in [-0.39, 0.29) is 91.6 Å². The minimum absolute atomic E-state index is 0.0227. The molecule has 2 aromatic carbocycles. The van der Waals surface area contributed by atoms with Crippen molar-refractivity contribution in [2.45, 2.75) is 110 Å². The van der Waals surface area contributed by atoms with Crippen molar-refractivity contribution in [2.75, 3.05) is 19.8 Å². The SMILES string of the molecule is CCC(C)[C@@H](CNC(=O)OC1CCOCC1)CC(=O)[C@@]1(NC(=O)[C@@H](CC(=O)Cc2ccccc2F)C(C)CC)CCc2[nH]c3c(C(F)(F)F)cccc3c2C1. The molecule has 300 valence electrons. The lowest BCUT2D eigenvalue weighted by Gasteiger charge is -2.40. The summed E-state index contributed by atoms with van der Waals surface area (Å²) in [5.74, 6) is -3.16. The third kappa shape index (κ3) is 10.1. The number of hydrogen-bond acceptors (Lipinski definition) is 6. The van der Waals surface area contributed by atoms with Gasteiger partial charge in [-0.3, -0.25) is 14.4 Å². The molecule has 0 bridgehead atoms. The molecule has 1 aliphatic carbocycles. The maximum atomic E-state index is 14.8. The van der Waals surface area contributed by atoms with Gasteiger partial charge in [-0.15, -0.1) is 0 Å². The van der Waals surface area contributed by atoms with Gasteiger partial charge >= 0.3 is 12.3 Å². The Kier molecular flexibility index (Phi) is 13.8. The second kappa shape index (κ2) is 18.1. The van der Waals surface area contributed by atoms with Gasteiger partial charge in [0, 0.05) is 62.1 Å². The van der Waals surface area contributed by atoms with Crippen molar-refractivity contribution in [3.05, 3.63) is 70.7 Å². The highest BCUT2D eigenvalue weighted by atomic mass is 19.4. The van der Waals surface area contributed by atoms with E-state index in [2.05, 4.69) is 15.6 Å². The van der Waals surface area contributed by atoms with E-state index in [0.717, 1.165) is 6.07 Å².